The first kappa shape index (κ1) is 14.7. The van der Waals surface area contributed by atoms with Crippen molar-refractivity contribution in [1.82, 2.24) is 14.9 Å². The molecule has 21 heavy (non-hydrogen) atoms. The van der Waals surface area contributed by atoms with E-state index >= 15 is 0 Å². The fourth-order valence-corrected chi connectivity index (χ4v) is 3.84. The molecular formula is C15H21N3O2S. The van der Waals surface area contributed by atoms with Crippen LogP contribution in [0.2, 0.25) is 0 Å². The van der Waals surface area contributed by atoms with Crippen LogP contribution in [0.3, 0.4) is 0 Å². The van der Waals surface area contributed by atoms with Gasteiger partial charge in [0.05, 0.1) is 18.2 Å². The highest BCUT2D eigenvalue weighted by Gasteiger charge is 2.24. The molecule has 2 atom stereocenters. The van der Waals surface area contributed by atoms with Gasteiger partial charge in [0.2, 0.25) is 0 Å². The molecule has 0 radical (unpaired) electrons. The van der Waals surface area contributed by atoms with Gasteiger partial charge in [-0.05, 0) is 44.2 Å². The maximum Gasteiger partial charge on any atom is 0.268 e. The van der Waals surface area contributed by atoms with Gasteiger partial charge in [0.1, 0.15) is 10.5 Å². The summed E-state index contributed by atoms with van der Waals surface area (Å²) in [6, 6.07) is 2.27. The minimum atomic E-state index is -0.290. The van der Waals surface area contributed by atoms with Crippen molar-refractivity contribution < 1.29 is 5.11 Å². The minimum absolute atomic E-state index is 0.0471. The number of fused-ring (bicyclic) bond motifs is 1. The van der Waals surface area contributed by atoms with E-state index < -0.39 is 0 Å². The Labute approximate surface area is 127 Å². The number of H-pyrrole nitrogens is 1. The average Bonchev–Trinajstić information content (AvgIpc) is 2.89. The summed E-state index contributed by atoms with van der Waals surface area (Å²) in [6.07, 6.45) is 3.98. The van der Waals surface area contributed by atoms with Crippen molar-refractivity contribution in [2.24, 2.45) is 0 Å². The molecule has 5 nitrogen and oxygen atoms in total. The second-order valence-corrected chi connectivity index (χ2v) is 6.77. The number of aromatic amines is 1. The van der Waals surface area contributed by atoms with Crippen molar-refractivity contribution in [2.45, 2.75) is 51.3 Å². The zero-order valence-corrected chi connectivity index (χ0v) is 13.0. The van der Waals surface area contributed by atoms with Crippen LogP contribution in [-0.4, -0.2) is 38.7 Å². The van der Waals surface area contributed by atoms with Crippen molar-refractivity contribution >= 4 is 21.6 Å². The lowest BCUT2D eigenvalue weighted by atomic mass is 9.97. The summed E-state index contributed by atoms with van der Waals surface area (Å²) in [4.78, 5) is 21.8. The number of likely N-dealkylation sites (tertiary alicyclic amines) is 1. The summed E-state index contributed by atoms with van der Waals surface area (Å²) in [5.74, 6) is 0.725. The van der Waals surface area contributed by atoms with Gasteiger partial charge in [0, 0.05) is 6.04 Å². The molecule has 2 N–H and O–H groups in total. The molecule has 1 fully saturated rings. The molecule has 1 aliphatic heterocycles. The summed E-state index contributed by atoms with van der Waals surface area (Å²) in [7, 11) is 0. The van der Waals surface area contributed by atoms with Crippen LogP contribution in [0.1, 0.15) is 38.4 Å². The molecule has 1 saturated heterocycles. The second-order valence-electron chi connectivity index (χ2n) is 5.85. The Balaban J connectivity index is 1.80. The summed E-state index contributed by atoms with van der Waals surface area (Å²) < 4.78 is 0.693. The lowest BCUT2D eigenvalue weighted by molar-refractivity contribution is 0.0799. The molecule has 2 unspecified atom stereocenters. The molecule has 3 rings (SSSR count). The highest BCUT2D eigenvalue weighted by atomic mass is 32.1. The van der Waals surface area contributed by atoms with Crippen LogP contribution in [0.5, 0.6) is 0 Å². The van der Waals surface area contributed by atoms with Gasteiger partial charge in [0.15, 0.2) is 0 Å². The molecule has 0 saturated carbocycles. The van der Waals surface area contributed by atoms with Gasteiger partial charge in [-0.25, -0.2) is 4.98 Å². The van der Waals surface area contributed by atoms with Crippen LogP contribution in [-0.2, 0) is 6.54 Å². The Bertz CT molecular complexity index is 664. The number of aliphatic hydroxyl groups is 1. The lowest BCUT2D eigenvalue weighted by Crippen LogP contribution is -2.41. The fourth-order valence-electron chi connectivity index (χ4n) is 3.12. The van der Waals surface area contributed by atoms with Crippen molar-refractivity contribution in [3.05, 3.63) is 27.6 Å². The third-order valence-electron chi connectivity index (χ3n) is 4.08. The Kier molecular flexibility index (Phi) is 4.37. The maximum absolute atomic E-state index is 12.0. The van der Waals surface area contributed by atoms with Crippen molar-refractivity contribution in [1.29, 1.82) is 0 Å². The zero-order chi connectivity index (χ0) is 14.8. The Morgan fingerprint density at radius 3 is 3.24 bits per heavy atom. The Morgan fingerprint density at radius 2 is 2.43 bits per heavy atom. The van der Waals surface area contributed by atoms with E-state index in [4.69, 9.17) is 0 Å². The van der Waals surface area contributed by atoms with Crippen molar-refractivity contribution in [3.8, 4) is 0 Å². The number of hydrogen-bond acceptors (Lipinski definition) is 5. The number of hydrogen-bond donors (Lipinski definition) is 2. The van der Waals surface area contributed by atoms with Gasteiger partial charge in [-0.15, -0.1) is 11.3 Å². The Hall–Kier alpha value is -1.24. The van der Waals surface area contributed by atoms with E-state index in [2.05, 4.69) is 14.9 Å². The first-order valence-electron chi connectivity index (χ1n) is 7.52. The van der Waals surface area contributed by atoms with Gasteiger partial charge in [-0.3, -0.25) is 9.69 Å². The summed E-state index contributed by atoms with van der Waals surface area (Å²) in [5.41, 5.74) is 0.733. The van der Waals surface area contributed by atoms with Crippen LogP contribution >= 0.6 is 11.3 Å². The number of nitrogens with one attached hydrogen (secondary N) is 1. The van der Waals surface area contributed by atoms with Crippen LogP contribution in [0, 0.1) is 0 Å². The highest BCUT2D eigenvalue weighted by molar-refractivity contribution is 7.17. The number of thiophene rings is 1. The van der Waals surface area contributed by atoms with Crippen molar-refractivity contribution in [3.63, 3.8) is 0 Å². The number of piperidine rings is 1. The van der Waals surface area contributed by atoms with Gasteiger partial charge in [0.25, 0.3) is 5.56 Å². The topological polar surface area (TPSA) is 69.2 Å². The predicted octanol–water partition coefficient (Wildman–Crippen LogP) is 2.11. The molecule has 1 aliphatic rings. The number of aromatic nitrogens is 2. The van der Waals surface area contributed by atoms with Crippen molar-refractivity contribution in [2.75, 3.05) is 6.54 Å². The van der Waals surface area contributed by atoms with E-state index in [9.17, 15) is 9.90 Å². The summed E-state index contributed by atoms with van der Waals surface area (Å²) in [5, 5.41) is 11.5. The van der Waals surface area contributed by atoms with Crippen LogP contribution in [0.4, 0.5) is 0 Å². The van der Waals surface area contributed by atoms with Gasteiger partial charge < -0.3 is 10.1 Å². The molecule has 0 aromatic carbocycles. The average molecular weight is 307 g/mol. The number of nitrogens with zero attached hydrogens (tertiary/aromatic N) is 2. The van der Waals surface area contributed by atoms with Gasteiger partial charge in [-0.1, -0.05) is 6.42 Å². The normalized spacial score (nSPS) is 21.7. The second kappa shape index (κ2) is 6.25. The molecular weight excluding hydrogens is 286 g/mol. The quantitative estimate of drug-likeness (QED) is 0.907. The molecule has 0 spiro atoms. The highest BCUT2D eigenvalue weighted by Crippen LogP contribution is 2.22. The minimum Gasteiger partial charge on any atom is -0.393 e. The Morgan fingerprint density at radius 1 is 1.57 bits per heavy atom. The first-order chi connectivity index (χ1) is 10.1. The maximum atomic E-state index is 12.0. The van der Waals surface area contributed by atoms with Gasteiger partial charge >= 0.3 is 0 Å². The molecule has 0 bridgehead atoms. The van der Waals surface area contributed by atoms with E-state index in [0.717, 1.165) is 30.7 Å². The van der Waals surface area contributed by atoms with E-state index in [0.29, 0.717) is 17.3 Å². The molecule has 2 aromatic heterocycles. The monoisotopic (exact) mass is 307 g/mol. The molecule has 0 amide bonds. The standard InChI is InChI=1S/C15H21N3O2S/c1-10(19)8-11-4-2-3-6-18(11)9-13-16-12-5-7-21-14(12)15(20)17-13/h5,7,10-11,19H,2-4,6,8-9H2,1H3,(H,16,17,20). The molecule has 0 aliphatic carbocycles. The predicted molar refractivity (Wildman–Crippen MR) is 84.6 cm³/mol. The van der Waals surface area contributed by atoms with Crippen LogP contribution in [0.25, 0.3) is 10.2 Å². The van der Waals surface area contributed by atoms with E-state index in [1.807, 2.05) is 18.4 Å². The van der Waals surface area contributed by atoms with E-state index in [-0.39, 0.29) is 11.7 Å². The SMILES string of the molecule is CC(O)CC1CCCCN1Cc1nc2ccsc2c(=O)[nH]1. The molecule has 3 heterocycles. The smallest absolute Gasteiger partial charge is 0.268 e. The largest absolute Gasteiger partial charge is 0.393 e. The summed E-state index contributed by atoms with van der Waals surface area (Å²) >= 11 is 1.42. The van der Waals surface area contributed by atoms with Crippen LogP contribution < -0.4 is 5.56 Å². The lowest BCUT2D eigenvalue weighted by Gasteiger charge is -2.36. The number of rotatable bonds is 4. The third kappa shape index (κ3) is 3.33. The molecule has 2 aromatic rings. The zero-order valence-electron chi connectivity index (χ0n) is 12.2. The molecule has 114 valence electrons. The van der Waals surface area contributed by atoms with Crippen LogP contribution in [0.15, 0.2) is 16.2 Å². The fraction of sp³-hybridized carbons (Fsp3) is 0.600. The summed E-state index contributed by atoms with van der Waals surface area (Å²) in [6.45, 7) is 3.49. The van der Waals surface area contributed by atoms with Gasteiger partial charge in [-0.2, -0.15) is 0 Å². The molecule has 6 heteroatoms. The third-order valence-corrected chi connectivity index (χ3v) is 4.98. The first-order valence-corrected chi connectivity index (χ1v) is 8.40. The van der Waals surface area contributed by atoms with E-state index in [1.165, 1.54) is 24.2 Å². The number of aliphatic hydroxyl groups excluding tert-OH is 1. The van der Waals surface area contributed by atoms with E-state index in [1.54, 1.807) is 0 Å².